The van der Waals surface area contributed by atoms with Crippen LogP contribution in [0.3, 0.4) is 0 Å². The van der Waals surface area contributed by atoms with Gasteiger partial charge in [0.15, 0.2) is 0 Å². The first-order valence-electron chi connectivity index (χ1n) is 5.70. The molecule has 0 fully saturated rings. The maximum Gasteiger partial charge on any atom is 0.252 e. The van der Waals surface area contributed by atoms with Crippen LogP contribution in [-0.4, -0.2) is 23.5 Å². The molecule has 2 nitrogen and oxygen atoms in total. The first-order valence-corrected chi connectivity index (χ1v) is 7.84. The molecule has 1 aromatic rings. The third-order valence-corrected chi connectivity index (χ3v) is 3.67. The second kappa shape index (κ2) is 7.77. The molecule has 0 radical (unpaired) electrons. The van der Waals surface area contributed by atoms with Crippen LogP contribution >= 0.6 is 27.7 Å². The molecule has 1 aromatic carbocycles. The summed E-state index contributed by atoms with van der Waals surface area (Å²) in [5.41, 5.74) is 0.770. The van der Waals surface area contributed by atoms with Gasteiger partial charge >= 0.3 is 0 Å². The van der Waals surface area contributed by atoms with Crippen LogP contribution in [-0.2, 0) is 0 Å². The van der Waals surface area contributed by atoms with Crippen molar-refractivity contribution in [2.45, 2.75) is 29.5 Å². The number of alkyl halides is 1. The first-order chi connectivity index (χ1) is 8.15. The van der Waals surface area contributed by atoms with Crippen LogP contribution in [0.5, 0.6) is 0 Å². The number of hydrogen-bond acceptors (Lipinski definition) is 2. The van der Waals surface area contributed by atoms with Gasteiger partial charge in [-0.25, -0.2) is 0 Å². The molecule has 0 aromatic heterocycles. The monoisotopic (exact) mass is 315 g/mol. The number of carbonyl (C=O) groups excluding carboxylic acids is 1. The maximum atomic E-state index is 11.9. The van der Waals surface area contributed by atoms with Crippen LogP contribution in [0.15, 0.2) is 29.2 Å². The van der Waals surface area contributed by atoms with E-state index < -0.39 is 0 Å². The van der Waals surface area contributed by atoms with Gasteiger partial charge < -0.3 is 5.32 Å². The lowest BCUT2D eigenvalue weighted by molar-refractivity contribution is 0.0950. The Balaban J connectivity index is 2.47. The van der Waals surface area contributed by atoms with Crippen LogP contribution < -0.4 is 5.32 Å². The molecule has 0 aliphatic rings. The molecular formula is C13H18BrNOS. The molecule has 0 spiro atoms. The molecule has 0 bridgehead atoms. The first kappa shape index (κ1) is 14.6. The van der Waals surface area contributed by atoms with E-state index in [4.69, 9.17) is 0 Å². The number of hydrogen-bond donors (Lipinski definition) is 1. The zero-order valence-corrected chi connectivity index (χ0v) is 12.6. The third kappa shape index (κ3) is 5.13. The fourth-order valence-corrected chi connectivity index (χ4v) is 2.43. The summed E-state index contributed by atoms with van der Waals surface area (Å²) in [6.07, 6.45) is 4.06. The highest BCUT2D eigenvalue weighted by Crippen LogP contribution is 2.19. The number of amides is 1. The van der Waals surface area contributed by atoms with Gasteiger partial charge in [0.2, 0.25) is 0 Å². The molecule has 0 aliphatic heterocycles. The fraction of sp³-hybridized carbons (Fsp3) is 0.462. The number of rotatable bonds is 6. The summed E-state index contributed by atoms with van der Waals surface area (Å²) < 4.78 is 0. The summed E-state index contributed by atoms with van der Waals surface area (Å²) >= 11 is 5.09. The molecule has 1 amide bonds. The van der Waals surface area contributed by atoms with Gasteiger partial charge in [-0.15, -0.1) is 11.8 Å². The Hall–Kier alpha value is -0.480. The van der Waals surface area contributed by atoms with Gasteiger partial charge in [0.1, 0.15) is 0 Å². The summed E-state index contributed by atoms with van der Waals surface area (Å²) in [4.78, 5) is 13.5. The van der Waals surface area contributed by atoms with Crippen molar-refractivity contribution in [1.82, 2.24) is 5.32 Å². The topological polar surface area (TPSA) is 29.1 Å². The quantitative estimate of drug-likeness (QED) is 0.492. The Morgan fingerprint density at radius 2 is 2.18 bits per heavy atom. The minimum atomic E-state index is 0.0252. The average Bonchev–Trinajstić information content (AvgIpc) is 2.34. The second-order valence-corrected chi connectivity index (χ2v) is 6.29. The van der Waals surface area contributed by atoms with E-state index in [1.807, 2.05) is 30.5 Å². The van der Waals surface area contributed by atoms with Crippen molar-refractivity contribution in [3.8, 4) is 0 Å². The van der Waals surface area contributed by atoms with E-state index in [-0.39, 0.29) is 5.91 Å². The van der Waals surface area contributed by atoms with Gasteiger partial charge in [0, 0.05) is 16.3 Å². The molecule has 1 atom stereocenters. The minimum absolute atomic E-state index is 0.0252. The highest BCUT2D eigenvalue weighted by molar-refractivity contribution is 9.09. The number of thioether (sulfide) groups is 1. The third-order valence-electron chi connectivity index (χ3n) is 2.42. The molecule has 0 saturated heterocycles. The summed E-state index contributed by atoms with van der Waals surface area (Å²) in [7, 11) is 0. The van der Waals surface area contributed by atoms with Crippen molar-refractivity contribution >= 4 is 33.6 Å². The molecule has 94 valence electrons. The van der Waals surface area contributed by atoms with Crippen LogP contribution in [0.2, 0.25) is 0 Å². The highest BCUT2D eigenvalue weighted by atomic mass is 79.9. The standard InChI is InChI=1S/C13H18BrNOS/c1-10(14)6-5-9-15-13(16)11-7-3-4-8-12(11)17-2/h3-4,7-8,10H,5-6,9H2,1-2H3,(H,15,16). The van der Waals surface area contributed by atoms with Gasteiger partial charge in [-0.2, -0.15) is 0 Å². The van der Waals surface area contributed by atoms with Crippen LogP contribution in [0.25, 0.3) is 0 Å². The number of halogens is 1. The van der Waals surface area contributed by atoms with Crippen LogP contribution in [0, 0.1) is 0 Å². The van der Waals surface area contributed by atoms with E-state index in [1.54, 1.807) is 11.8 Å². The normalized spacial score (nSPS) is 12.2. The zero-order valence-electron chi connectivity index (χ0n) is 10.2. The van der Waals surface area contributed by atoms with E-state index >= 15 is 0 Å². The number of nitrogens with one attached hydrogen (secondary N) is 1. The zero-order chi connectivity index (χ0) is 12.7. The SMILES string of the molecule is CSc1ccccc1C(=O)NCCCC(C)Br. The predicted octanol–water partition coefficient (Wildman–Crippen LogP) is 3.70. The smallest absolute Gasteiger partial charge is 0.252 e. The molecule has 0 aliphatic carbocycles. The Labute approximate surface area is 116 Å². The Kier molecular flexibility index (Phi) is 6.66. The Morgan fingerprint density at radius 3 is 2.82 bits per heavy atom. The van der Waals surface area contributed by atoms with Crippen molar-refractivity contribution in [2.75, 3.05) is 12.8 Å². The van der Waals surface area contributed by atoms with Gasteiger partial charge in [0.05, 0.1) is 5.56 Å². The fourth-order valence-electron chi connectivity index (χ4n) is 1.51. The largest absolute Gasteiger partial charge is 0.352 e. The van der Waals surface area contributed by atoms with Crippen molar-refractivity contribution in [3.63, 3.8) is 0 Å². The molecular weight excluding hydrogens is 298 g/mol. The van der Waals surface area contributed by atoms with E-state index in [9.17, 15) is 4.79 Å². The average molecular weight is 316 g/mol. The molecule has 1 N–H and O–H groups in total. The Morgan fingerprint density at radius 1 is 1.47 bits per heavy atom. The lowest BCUT2D eigenvalue weighted by Gasteiger charge is -2.08. The number of carbonyl (C=O) groups is 1. The highest BCUT2D eigenvalue weighted by Gasteiger charge is 2.09. The lowest BCUT2D eigenvalue weighted by atomic mass is 10.2. The van der Waals surface area contributed by atoms with E-state index in [1.165, 1.54) is 0 Å². The van der Waals surface area contributed by atoms with Gasteiger partial charge in [-0.3, -0.25) is 4.79 Å². The number of benzene rings is 1. The minimum Gasteiger partial charge on any atom is -0.352 e. The van der Waals surface area contributed by atoms with E-state index in [0.29, 0.717) is 4.83 Å². The van der Waals surface area contributed by atoms with Gasteiger partial charge in [-0.05, 0) is 31.2 Å². The molecule has 1 rings (SSSR count). The molecule has 17 heavy (non-hydrogen) atoms. The van der Waals surface area contributed by atoms with Crippen molar-refractivity contribution in [2.24, 2.45) is 0 Å². The van der Waals surface area contributed by atoms with Crippen LogP contribution in [0.1, 0.15) is 30.1 Å². The molecule has 1 unspecified atom stereocenters. The Bertz CT molecular complexity index is 368. The van der Waals surface area contributed by atoms with Crippen molar-refractivity contribution < 1.29 is 4.79 Å². The van der Waals surface area contributed by atoms with Crippen molar-refractivity contribution in [1.29, 1.82) is 0 Å². The summed E-state index contributed by atoms with van der Waals surface area (Å²) in [5, 5.41) is 2.96. The lowest BCUT2D eigenvalue weighted by Crippen LogP contribution is -2.25. The van der Waals surface area contributed by atoms with E-state index in [2.05, 4.69) is 28.2 Å². The summed E-state index contributed by atoms with van der Waals surface area (Å²) in [5.74, 6) is 0.0252. The van der Waals surface area contributed by atoms with Crippen molar-refractivity contribution in [3.05, 3.63) is 29.8 Å². The summed E-state index contributed by atoms with van der Waals surface area (Å²) in [6.45, 7) is 2.85. The molecule has 4 heteroatoms. The predicted molar refractivity (Wildman–Crippen MR) is 78.2 cm³/mol. The molecule has 0 saturated carbocycles. The second-order valence-electron chi connectivity index (χ2n) is 3.88. The van der Waals surface area contributed by atoms with Gasteiger partial charge in [0.25, 0.3) is 5.91 Å². The molecule has 0 heterocycles. The van der Waals surface area contributed by atoms with Crippen LogP contribution in [0.4, 0.5) is 0 Å². The summed E-state index contributed by atoms with van der Waals surface area (Å²) in [6, 6.07) is 7.69. The van der Waals surface area contributed by atoms with Gasteiger partial charge in [-0.1, -0.05) is 35.0 Å². The maximum absolute atomic E-state index is 11.9. The van der Waals surface area contributed by atoms with E-state index in [0.717, 1.165) is 29.8 Å².